The normalized spacial score (nSPS) is 30.0. The molecule has 0 radical (unpaired) electrons. The van der Waals surface area contributed by atoms with Gasteiger partial charge < -0.3 is 0 Å². The molecule has 1 aliphatic heterocycles. The molecular formula is C13H27N. The summed E-state index contributed by atoms with van der Waals surface area (Å²) in [5, 5.41) is 0. The van der Waals surface area contributed by atoms with Crippen LogP contribution in [0.15, 0.2) is 0 Å². The van der Waals surface area contributed by atoms with E-state index in [1.165, 1.54) is 38.6 Å². The smallest absolute Gasteiger partial charge is 0.0254 e. The lowest BCUT2D eigenvalue weighted by Crippen LogP contribution is -2.20. The largest absolute Gasteiger partial charge is 0.295 e. The van der Waals surface area contributed by atoms with E-state index in [0.29, 0.717) is 0 Å². The molecule has 84 valence electrons. The van der Waals surface area contributed by atoms with Crippen LogP contribution < -0.4 is 0 Å². The van der Waals surface area contributed by atoms with Gasteiger partial charge in [-0.25, -0.2) is 0 Å². The first-order valence-corrected chi connectivity index (χ1v) is 6.50. The highest BCUT2D eigenvalue weighted by molar-refractivity contribution is 4.96. The molecule has 0 bridgehead atoms. The summed E-state index contributed by atoms with van der Waals surface area (Å²) >= 11 is 0. The summed E-state index contributed by atoms with van der Waals surface area (Å²) in [6, 6.07) is 1.75. The highest BCUT2D eigenvalue weighted by atomic mass is 15.3. The van der Waals surface area contributed by atoms with Gasteiger partial charge >= 0.3 is 0 Å². The number of nitrogens with zero attached hydrogens (tertiary/aromatic N) is 1. The molecule has 1 nitrogen and oxygen atoms in total. The van der Waals surface area contributed by atoms with Crippen molar-refractivity contribution in [1.29, 1.82) is 0 Å². The maximum absolute atomic E-state index is 2.68. The van der Waals surface area contributed by atoms with Crippen LogP contribution in [-0.2, 0) is 0 Å². The van der Waals surface area contributed by atoms with Crippen LogP contribution in [0.1, 0.15) is 59.8 Å². The third kappa shape index (κ3) is 2.98. The van der Waals surface area contributed by atoms with Gasteiger partial charge in [-0.05, 0) is 25.7 Å². The fraction of sp³-hybridized carbons (Fsp3) is 1.00. The van der Waals surface area contributed by atoms with Crippen molar-refractivity contribution in [3.8, 4) is 0 Å². The van der Waals surface area contributed by atoms with Crippen LogP contribution in [0.2, 0.25) is 0 Å². The number of rotatable bonds is 7. The van der Waals surface area contributed by atoms with Crippen LogP contribution in [0, 0.1) is 5.92 Å². The maximum Gasteiger partial charge on any atom is 0.0254 e. The van der Waals surface area contributed by atoms with Crippen molar-refractivity contribution in [2.75, 3.05) is 6.54 Å². The number of hydrogen-bond acceptors (Lipinski definition) is 1. The molecule has 1 fully saturated rings. The maximum atomic E-state index is 2.68. The molecule has 4 unspecified atom stereocenters. The van der Waals surface area contributed by atoms with E-state index in [-0.39, 0.29) is 0 Å². The molecule has 1 rings (SSSR count). The second-order valence-electron chi connectivity index (χ2n) is 4.83. The van der Waals surface area contributed by atoms with Gasteiger partial charge in [-0.1, -0.05) is 40.0 Å². The lowest BCUT2D eigenvalue weighted by molar-refractivity contribution is 0.317. The summed E-state index contributed by atoms with van der Waals surface area (Å²) in [6.45, 7) is 10.7. The third-order valence-corrected chi connectivity index (χ3v) is 3.84. The van der Waals surface area contributed by atoms with Gasteiger partial charge in [-0.3, -0.25) is 4.90 Å². The van der Waals surface area contributed by atoms with Crippen LogP contribution in [0.3, 0.4) is 0 Å². The lowest BCUT2D eigenvalue weighted by Gasteiger charge is -2.17. The Morgan fingerprint density at radius 2 is 1.93 bits per heavy atom. The van der Waals surface area contributed by atoms with Gasteiger partial charge in [0.1, 0.15) is 0 Å². The van der Waals surface area contributed by atoms with E-state index in [4.69, 9.17) is 0 Å². The highest BCUT2D eigenvalue weighted by Gasteiger charge is 2.41. The Kier molecular flexibility index (Phi) is 4.94. The molecule has 1 saturated heterocycles. The van der Waals surface area contributed by atoms with Crippen molar-refractivity contribution in [3.05, 3.63) is 0 Å². The minimum atomic E-state index is 0.815. The van der Waals surface area contributed by atoms with Crippen molar-refractivity contribution in [2.45, 2.75) is 71.9 Å². The summed E-state index contributed by atoms with van der Waals surface area (Å²) in [6.07, 6.45) is 6.90. The third-order valence-electron chi connectivity index (χ3n) is 3.84. The number of hydrogen-bond donors (Lipinski definition) is 0. The van der Waals surface area contributed by atoms with E-state index >= 15 is 0 Å². The Hall–Kier alpha value is -0.0400. The monoisotopic (exact) mass is 197 g/mol. The molecule has 14 heavy (non-hydrogen) atoms. The molecule has 0 aliphatic carbocycles. The molecule has 0 amide bonds. The molecule has 0 aromatic carbocycles. The van der Waals surface area contributed by atoms with Gasteiger partial charge in [-0.15, -0.1) is 0 Å². The van der Waals surface area contributed by atoms with E-state index in [1.54, 1.807) is 0 Å². The Morgan fingerprint density at radius 3 is 2.43 bits per heavy atom. The van der Waals surface area contributed by atoms with Crippen molar-refractivity contribution >= 4 is 0 Å². The van der Waals surface area contributed by atoms with Crippen LogP contribution >= 0.6 is 0 Å². The minimum Gasteiger partial charge on any atom is -0.295 e. The Morgan fingerprint density at radius 1 is 1.21 bits per heavy atom. The molecular weight excluding hydrogens is 170 g/mol. The molecule has 1 heteroatoms. The van der Waals surface area contributed by atoms with E-state index < -0.39 is 0 Å². The van der Waals surface area contributed by atoms with Gasteiger partial charge in [0.15, 0.2) is 0 Å². The van der Waals surface area contributed by atoms with Gasteiger partial charge in [0.25, 0.3) is 0 Å². The van der Waals surface area contributed by atoms with Crippen molar-refractivity contribution in [1.82, 2.24) is 4.90 Å². The zero-order valence-corrected chi connectivity index (χ0v) is 10.4. The molecule has 1 heterocycles. The predicted octanol–water partition coefficient (Wildman–Crippen LogP) is 3.69. The quantitative estimate of drug-likeness (QED) is 0.563. The fourth-order valence-corrected chi connectivity index (χ4v) is 2.46. The topological polar surface area (TPSA) is 3.01 Å². The molecule has 0 N–H and O–H groups in total. The van der Waals surface area contributed by atoms with E-state index in [9.17, 15) is 0 Å². The predicted molar refractivity (Wildman–Crippen MR) is 63.6 cm³/mol. The van der Waals surface area contributed by atoms with E-state index in [2.05, 4.69) is 32.6 Å². The van der Waals surface area contributed by atoms with Crippen LogP contribution in [0.5, 0.6) is 0 Å². The van der Waals surface area contributed by atoms with E-state index in [0.717, 1.165) is 18.0 Å². The summed E-state index contributed by atoms with van der Waals surface area (Å²) in [5.41, 5.74) is 0. The Balaban J connectivity index is 2.27. The van der Waals surface area contributed by atoms with Crippen molar-refractivity contribution in [2.24, 2.45) is 5.92 Å². The SMILES string of the molecule is CCCCC(CC)C1CN1C(C)CC. The minimum absolute atomic E-state index is 0.815. The summed E-state index contributed by atoms with van der Waals surface area (Å²) in [5.74, 6) is 0.976. The van der Waals surface area contributed by atoms with Crippen LogP contribution in [-0.4, -0.2) is 23.5 Å². The molecule has 0 saturated carbocycles. The molecule has 0 spiro atoms. The summed E-state index contributed by atoms with van der Waals surface area (Å²) in [7, 11) is 0. The van der Waals surface area contributed by atoms with Gasteiger partial charge in [0, 0.05) is 18.6 Å². The zero-order chi connectivity index (χ0) is 10.6. The lowest BCUT2D eigenvalue weighted by atomic mass is 9.95. The zero-order valence-electron chi connectivity index (χ0n) is 10.4. The van der Waals surface area contributed by atoms with Gasteiger partial charge in [0.05, 0.1) is 0 Å². The van der Waals surface area contributed by atoms with Crippen molar-refractivity contribution in [3.63, 3.8) is 0 Å². The molecule has 1 aliphatic rings. The Bertz CT molecular complexity index is 155. The second kappa shape index (κ2) is 5.75. The first kappa shape index (κ1) is 12.0. The van der Waals surface area contributed by atoms with Gasteiger partial charge in [-0.2, -0.15) is 0 Å². The average Bonchev–Trinajstić information content (AvgIpc) is 2.98. The molecule has 0 aromatic rings. The second-order valence-corrected chi connectivity index (χ2v) is 4.83. The molecule has 4 atom stereocenters. The van der Waals surface area contributed by atoms with Crippen molar-refractivity contribution < 1.29 is 0 Å². The first-order chi connectivity index (χ1) is 6.74. The summed E-state index contributed by atoms with van der Waals surface area (Å²) in [4.78, 5) is 2.68. The highest BCUT2D eigenvalue weighted by Crippen LogP contribution is 2.33. The summed E-state index contributed by atoms with van der Waals surface area (Å²) < 4.78 is 0. The molecule has 0 aromatic heterocycles. The van der Waals surface area contributed by atoms with Gasteiger partial charge in [0.2, 0.25) is 0 Å². The van der Waals surface area contributed by atoms with Crippen LogP contribution in [0.25, 0.3) is 0 Å². The Labute approximate surface area is 89.9 Å². The fourth-order valence-electron chi connectivity index (χ4n) is 2.46. The van der Waals surface area contributed by atoms with Crippen LogP contribution in [0.4, 0.5) is 0 Å². The first-order valence-electron chi connectivity index (χ1n) is 6.50. The van der Waals surface area contributed by atoms with E-state index in [1.807, 2.05) is 0 Å². The number of unbranched alkanes of at least 4 members (excludes halogenated alkanes) is 1. The average molecular weight is 197 g/mol. The standard InChI is InChI=1S/C13H27N/c1-5-8-9-12(7-3)13-10-14(13)11(4)6-2/h11-13H,5-10H2,1-4H3.